The summed E-state index contributed by atoms with van der Waals surface area (Å²) >= 11 is 0. The van der Waals surface area contributed by atoms with Crippen LogP contribution < -0.4 is 10.6 Å². The van der Waals surface area contributed by atoms with Gasteiger partial charge in [-0.2, -0.15) is 0 Å². The van der Waals surface area contributed by atoms with Crippen LogP contribution in [0, 0.1) is 25.7 Å². The average molecular weight is 364 g/mol. The van der Waals surface area contributed by atoms with Gasteiger partial charge in [-0.25, -0.2) is 4.98 Å². The SMILES string of the molecule is CCNC(=NCC1CCN(Cc2nc(C)c(C)o2)CC1)NC(C)C(C)C. The second-order valence-electron chi connectivity index (χ2n) is 7.87. The smallest absolute Gasteiger partial charge is 0.208 e. The molecule has 2 rings (SSSR count). The fourth-order valence-electron chi connectivity index (χ4n) is 3.05. The Labute approximate surface area is 158 Å². The van der Waals surface area contributed by atoms with Gasteiger partial charge in [-0.1, -0.05) is 13.8 Å². The molecule has 1 atom stereocenters. The lowest BCUT2D eigenvalue weighted by Gasteiger charge is -2.30. The van der Waals surface area contributed by atoms with E-state index in [1.54, 1.807) is 0 Å². The van der Waals surface area contributed by atoms with E-state index in [1.165, 1.54) is 12.8 Å². The quantitative estimate of drug-likeness (QED) is 0.576. The van der Waals surface area contributed by atoms with E-state index in [0.29, 0.717) is 17.9 Å². The van der Waals surface area contributed by atoms with E-state index in [1.807, 2.05) is 13.8 Å². The minimum absolute atomic E-state index is 0.419. The first-order valence-electron chi connectivity index (χ1n) is 10.1. The highest BCUT2D eigenvalue weighted by atomic mass is 16.4. The Hall–Kier alpha value is -1.56. The molecule has 0 amide bonds. The van der Waals surface area contributed by atoms with Crippen LogP contribution in [-0.2, 0) is 6.54 Å². The number of aliphatic imine (C=N–C) groups is 1. The van der Waals surface area contributed by atoms with Crippen LogP contribution in [0.2, 0.25) is 0 Å². The van der Waals surface area contributed by atoms with Crippen molar-refractivity contribution in [1.82, 2.24) is 20.5 Å². The highest BCUT2D eigenvalue weighted by molar-refractivity contribution is 5.80. The van der Waals surface area contributed by atoms with Crippen molar-refractivity contribution in [2.75, 3.05) is 26.2 Å². The zero-order valence-corrected chi connectivity index (χ0v) is 17.4. The molecular formula is C20H37N5O. The van der Waals surface area contributed by atoms with Crippen LogP contribution in [0.4, 0.5) is 0 Å². The summed E-state index contributed by atoms with van der Waals surface area (Å²) in [5, 5.41) is 6.88. The lowest BCUT2D eigenvalue weighted by molar-refractivity contribution is 0.166. The molecule has 148 valence electrons. The fraction of sp³-hybridized carbons (Fsp3) is 0.800. The van der Waals surface area contributed by atoms with Crippen molar-refractivity contribution in [3.8, 4) is 0 Å². The van der Waals surface area contributed by atoms with E-state index in [-0.39, 0.29) is 0 Å². The number of aromatic nitrogens is 1. The summed E-state index contributed by atoms with van der Waals surface area (Å²) in [6.45, 7) is 17.6. The lowest BCUT2D eigenvalue weighted by atomic mass is 9.97. The van der Waals surface area contributed by atoms with Gasteiger partial charge >= 0.3 is 0 Å². The molecule has 1 fully saturated rings. The summed E-state index contributed by atoms with van der Waals surface area (Å²) in [7, 11) is 0. The molecule has 0 saturated carbocycles. The highest BCUT2D eigenvalue weighted by Crippen LogP contribution is 2.20. The minimum atomic E-state index is 0.419. The van der Waals surface area contributed by atoms with Gasteiger partial charge in [0.2, 0.25) is 5.89 Å². The first-order valence-corrected chi connectivity index (χ1v) is 10.1. The Morgan fingerprint density at radius 1 is 1.27 bits per heavy atom. The van der Waals surface area contributed by atoms with Gasteiger partial charge < -0.3 is 15.1 Å². The first-order chi connectivity index (χ1) is 12.4. The summed E-state index contributed by atoms with van der Waals surface area (Å²) in [5.41, 5.74) is 1.00. The molecule has 1 saturated heterocycles. The van der Waals surface area contributed by atoms with E-state index < -0.39 is 0 Å². The Morgan fingerprint density at radius 2 is 1.96 bits per heavy atom. The molecule has 2 heterocycles. The third-order valence-electron chi connectivity index (χ3n) is 5.36. The van der Waals surface area contributed by atoms with Crippen LogP contribution in [0.3, 0.4) is 0 Å². The van der Waals surface area contributed by atoms with E-state index in [2.05, 4.69) is 48.2 Å². The van der Waals surface area contributed by atoms with Crippen LogP contribution in [0.25, 0.3) is 0 Å². The monoisotopic (exact) mass is 363 g/mol. The summed E-state index contributed by atoms with van der Waals surface area (Å²) in [6, 6.07) is 0.419. The van der Waals surface area contributed by atoms with Crippen LogP contribution in [0.15, 0.2) is 9.41 Å². The number of aryl methyl sites for hydroxylation is 2. The standard InChI is InChI=1S/C20H37N5O/c1-7-21-20(24-15(4)14(2)3)22-12-18-8-10-25(11-9-18)13-19-23-16(5)17(6)26-19/h14-15,18H,7-13H2,1-6H3,(H2,21,22,24). The van der Waals surface area contributed by atoms with Gasteiger partial charge in [0.15, 0.2) is 5.96 Å². The van der Waals surface area contributed by atoms with Gasteiger partial charge in [-0.3, -0.25) is 9.89 Å². The molecular weight excluding hydrogens is 326 g/mol. The Kier molecular flexibility index (Phi) is 7.94. The van der Waals surface area contributed by atoms with Gasteiger partial charge in [0.25, 0.3) is 0 Å². The normalized spacial score (nSPS) is 18.3. The number of likely N-dealkylation sites (tertiary alicyclic amines) is 1. The first kappa shape index (κ1) is 20.7. The summed E-state index contributed by atoms with van der Waals surface area (Å²) in [5.74, 6) is 3.97. The van der Waals surface area contributed by atoms with E-state index in [0.717, 1.165) is 56.0 Å². The van der Waals surface area contributed by atoms with Gasteiger partial charge in [0.05, 0.1) is 12.2 Å². The number of oxazole rings is 1. The van der Waals surface area contributed by atoms with Crippen LogP contribution >= 0.6 is 0 Å². The summed E-state index contributed by atoms with van der Waals surface area (Å²) in [6.07, 6.45) is 2.36. The number of rotatable bonds is 7. The molecule has 26 heavy (non-hydrogen) atoms. The molecule has 1 aromatic rings. The van der Waals surface area contributed by atoms with Crippen LogP contribution in [0.1, 0.15) is 57.9 Å². The predicted molar refractivity (Wildman–Crippen MR) is 107 cm³/mol. The predicted octanol–water partition coefficient (Wildman–Crippen LogP) is 3.10. The van der Waals surface area contributed by atoms with E-state index >= 15 is 0 Å². The van der Waals surface area contributed by atoms with Crippen molar-refractivity contribution < 1.29 is 4.42 Å². The topological polar surface area (TPSA) is 65.7 Å². The highest BCUT2D eigenvalue weighted by Gasteiger charge is 2.21. The molecule has 0 bridgehead atoms. The average Bonchev–Trinajstić information content (AvgIpc) is 2.91. The molecule has 0 radical (unpaired) electrons. The molecule has 6 heteroatoms. The van der Waals surface area contributed by atoms with Crippen LogP contribution in [0.5, 0.6) is 0 Å². The molecule has 6 nitrogen and oxygen atoms in total. The van der Waals surface area contributed by atoms with Gasteiger partial charge in [0.1, 0.15) is 5.76 Å². The zero-order chi connectivity index (χ0) is 19.1. The van der Waals surface area contributed by atoms with Gasteiger partial charge in [-0.15, -0.1) is 0 Å². The molecule has 0 aliphatic carbocycles. The Balaban J connectivity index is 1.79. The van der Waals surface area contributed by atoms with E-state index in [4.69, 9.17) is 9.41 Å². The number of hydrogen-bond acceptors (Lipinski definition) is 4. The summed E-state index contributed by atoms with van der Waals surface area (Å²) in [4.78, 5) is 11.8. The van der Waals surface area contributed by atoms with Crippen molar-refractivity contribution in [2.45, 2.75) is 67.0 Å². The summed E-state index contributed by atoms with van der Waals surface area (Å²) < 4.78 is 5.71. The number of nitrogens with zero attached hydrogens (tertiary/aromatic N) is 3. The zero-order valence-electron chi connectivity index (χ0n) is 17.4. The number of piperidine rings is 1. The maximum atomic E-state index is 5.71. The number of hydrogen-bond donors (Lipinski definition) is 2. The number of nitrogens with one attached hydrogen (secondary N) is 2. The van der Waals surface area contributed by atoms with Crippen molar-refractivity contribution in [3.05, 3.63) is 17.3 Å². The van der Waals surface area contributed by atoms with Crippen molar-refractivity contribution >= 4 is 5.96 Å². The Morgan fingerprint density at radius 3 is 2.50 bits per heavy atom. The number of guanidine groups is 1. The largest absolute Gasteiger partial charge is 0.444 e. The van der Waals surface area contributed by atoms with Crippen molar-refractivity contribution in [1.29, 1.82) is 0 Å². The fourth-order valence-corrected chi connectivity index (χ4v) is 3.05. The van der Waals surface area contributed by atoms with Crippen molar-refractivity contribution in [3.63, 3.8) is 0 Å². The second kappa shape index (κ2) is 9.95. The molecule has 1 aliphatic heterocycles. The maximum absolute atomic E-state index is 5.71. The van der Waals surface area contributed by atoms with Crippen LogP contribution in [-0.4, -0.2) is 48.1 Å². The third-order valence-corrected chi connectivity index (χ3v) is 5.36. The molecule has 1 aliphatic rings. The van der Waals surface area contributed by atoms with Gasteiger partial charge in [0, 0.05) is 19.1 Å². The lowest BCUT2D eigenvalue weighted by Crippen LogP contribution is -2.44. The minimum Gasteiger partial charge on any atom is -0.444 e. The molecule has 1 unspecified atom stereocenters. The second-order valence-corrected chi connectivity index (χ2v) is 7.87. The molecule has 1 aromatic heterocycles. The molecule has 2 N–H and O–H groups in total. The maximum Gasteiger partial charge on any atom is 0.208 e. The molecule has 0 aromatic carbocycles. The van der Waals surface area contributed by atoms with Gasteiger partial charge in [-0.05, 0) is 65.5 Å². The van der Waals surface area contributed by atoms with E-state index in [9.17, 15) is 0 Å². The third kappa shape index (κ3) is 6.31. The Bertz CT molecular complexity index is 553. The van der Waals surface area contributed by atoms with Crippen molar-refractivity contribution in [2.24, 2.45) is 16.8 Å². The molecule has 0 spiro atoms.